The number of benzene rings is 1. The van der Waals surface area contributed by atoms with E-state index in [0.717, 1.165) is 17.8 Å². The minimum atomic E-state index is -3.52. The standard InChI is InChI=1S/C19H22F2N2O3S/c1-19(2,3)27(24,25)18-7-5-14(11-22-18)23-8-9-26-17(12-23)13-4-6-15(20)16(21)10-13/h4-7,10-11,17H,8-9,12H2,1-3H3. The maximum atomic E-state index is 13.5. The summed E-state index contributed by atoms with van der Waals surface area (Å²) in [6.07, 6.45) is 1.11. The number of halogens is 2. The molecule has 1 atom stereocenters. The van der Waals surface area contributed by atoms with Crippen molar-refractivity contribution in [1.82, 2.24) is 4.98 Å². The fourth-order valence-electron chi connectivity index (χ4n) is 2.83. The molecule has 1 fully saturated rings. The topological polar surface area (TPSA) is 59.5 Å². The molecule has 0 amide bonds. The van der Waals surface area contributed by atoms with E-state index in [-0.39, 0.29) is 5.03 Å². The van der Waals surface area contributed by atoms with Crippen LogP contribution in [0.3, 0.4) is 0 Å². The van der Waals surface area contributed by atoms with E-state index < -0.39 is 32.3 Å². The summed E-state index contributed by atoms with van der Waals surface area (Å²) >= 11 is 0. The molecule has 1 saturated heterocycles. The zero-order valence-electron chi connectivity index (χ0n) is 15.4. The molecule has 1 aliphatic rings. The predicted octanol–water partition coefficient (Wildman–Crippen LogP) is 3.51. The first kappa shape index (κ1) is 19.7. The van der Waals surface area contributed by atoms with Crippen molar-refractivity contribution < 1.29 is 21.9 Å². The maximum absolute atomic E-state index is 13.5. The number of morpholine rings is 1. The predicted molar refractivity (Wildman–Crippen MR) is 98.4 cm³/mol. The quantitative estimate of drug-likeness (QED) is 0.795. The number of hydrogen-bond acceptors (Lipinski definition) is 5. The zero-order valence-corrected chi connectivity index (χ0v) is 16.3. The van der Waals surface area contributed by atoms with Crippen molar-refractivity contribution in [3.8, 4) is 0 Å². The van der Waals surface area contributed by atoms with Crippen LogP contribution < -0.4 is 4.90 Å². The lowest BCUT2D eigenvalue weighted by Gasteiger charge is -2.34. The lowest BCUT2D eigenvalue weighted by Crippen LogP contribution is -2.38. The smallest absolute Gasteiger partial charge is 0.200 e. The third-order valence-corrected chi connectivity index (χ3v) is 6.95. The first-order valence-corrected chi connectivity index (χ1v) is 10.1. The highest BCUT2D eigenvalue weighted by molar-refractivity contribution is 7.92. The van der Waals surface area contributed by atoms with Gasteiger partial charge in [-0.3, -0.25) is 0 Å². The minimum Gasteiger partial charge on any atom is -0.370 e. The number of aromatic nitrogens is 1. The molecule has 1 aromatic heterocycles. The summed E-state index contributed by atoms with van der Waals surface area (Å²) in [5, 5.41) is 0.0316. The summed E-state index contributed by atoms with van der Waals surface area (Å²) in [5.74, 6) is -1.81. The van der Waals surface area contributed by atoms with Gasteiger partial charge in [-0.2, -0.15) is 0 Å². The van der Waals surface area contributed by atoms with Crippen molar-refractivity contribution in [2.24, 2.45) is 0 Å². The van der Waals surface area contributed by atoms with Crippen LogP contribution in [-0.2, 0) is 14.6 Å². The fourth-order valence-corrected chi connectivity index (χ4v) is 3.90. The molecule has 3 rings (SSSR count). The highest BCUT2D eigenvalue weighted by Crippen LogP contribution is 2.28. The second-order valence-electron chi connectivity index (χ2n) is 7.45. The SMILES string of the molecule is CC(C)(C)S(=O)(=O)c1ccc(N2CCOC(c3ccc(F)c(F)c3)C2)cn1. The van der Waals surface area contributed by atoms with Gasteiger partial charge in [0, 0.05) is 13.1 Å². The molecule has 5 nitrogen and oxygen atoms in total. The number of ether oxygens (including phenoxy) is 1. The molecule has 1 aliphatic heterocycles. The van der Waals surface area contributed by atoms with Crippen LogP contribution >= 0.6 is 0 Å². The lowest BCUT2D eigenvalue weighted by molar-refractivity contribution is 0.0395. The summed E-state index contributed by atoms with van der Waals surface area (Å²) in [6.45, 7) is 6.32. The average molecular weight is 396 g/mol. The van der Waals surface area contributed by atoms with E-state index in [4.69, 9.17) is 4.74 Å². The van der Waals surface area contributed by atoms with Crippen molar-refractivity contribution >= 4 is 15.5 Å². The normalized spacial score (nSPS) is 18.6. The molecule has 8 heteroatoms. The largest absolute Gasteiger partial charge is 0.370 e. The van der Waals surface area contributed by atoms with Crippen molar-refractivity contribution in [2.45, 2.75) is 36.6 Å². The molecule has 1 unspecified atom stereocenters. The van der Waals surface area contributed by atoms with E-state index in [9.17, 15) is 17.2 Å². The summed E-state index contributed by atoms with van der Waals surface area (Å²) in [7, 11) is -3.52. The van der Waals surface area contributed by atoms with Gasteiger partial charge < -0.3 is 9.64 Å². The summed E-state index contributed by atoms with van der Waals surface area (Å²) in [5.41, 5.74) is 1.30. The van der Waals surface area contributed by atoms with Crippen LogP contribution in [0.5, 0.6) is 0 Å². The molecule has 0 radical (unpaired) electrons. The Kier molecular flexibility index (Phi) is 5.22. The van der Waals surface area contributed by atoms with E-state index in [0.29, 0.717) is 25.3 Å². The van der Waals surface area contributed by atoms with E-state index in [1.807, 2.05) is 4.90 Å². The van der Waals surface area contributed by atoms with Gasteiger partial charge in [-0.25, -0.2) is 22.2 Å². The Balaban J connectivity index is 1.79. The van der Waals surface area contributed by atoms with Crippen LogP contribution in [0.4, 0.5) is 14.5 Å². The van der Waals surface area contributed by atoms with Gasteiger partial charge in [0.2, 0.25) is 0 Å². The number of hydrogen-bond donors (Lipinski definition) is 0. The molecular weight excluding hydrogens is 374 g/mol. The van der Waals surface area contributed by atoms with Crippen LogP contribution in [0.15, 0.2) is 41.6 Å². The van der Waals surface area contributed by atoms with E-state index in [1.165, 1.54) is 18.3 Å². The summed E-state index contributed by atoms with van der Waals surface area (Å²) in [4.78, 5) is 6.12. The molecule has 0 N–H and O–H groups in total. The molecule has 0 saturated carbocycles. The van der Waals surface area contributed by atoms with E-state index in [1.54, 1.807) is 26.8 Å². The first-order valence-electron chi connectivity index (χ1n) is 8.62. The van der Waals surface area contributed by atoms with Crippen LogP contribution in [0.25, 0.3) is 0 Å². The van der Waals surface area contributed by atoms with Crippen molar-refractivity contribution in [2.75, 3.05) is 24.6 Å². The third-order valence-electron chi connectivity index (χ3n) is 4.55. The molecule has 2 aromatic rings. The van der Waals surface area contributed by atoms with Crippen molar-refractivity contribution in [3.05, 3.63) is 53.7 Å². The number of anilines is 1. The van der Waals surface area contributed by atoms with Gasteiger partial charge in [-0.05, 0) is 50.6 Å². The Labute approximate surface area is 157 Å². The van der Waals surface area contributed by atoms with E-state index >= 15 is 0 Å². The van der Waals surface area contributed by atoms with Gasteiger partial charge in [0.1, 0.15) is 6.10 Å². The Bertz CT molecular complexity index is 925. The number of sulfone groups is 1. The Hall–Kier alpha value is -2.06. The molecule has 2 heterocycles. The van der Waals surface area contributed by atoms with Gasteiger partial charge in [-0.1, -0.05) is 6.07 Å². The molecule has 1 aromatic carbocycles. The third kappa shape index (κ3) is 3.96. The Morgan fingerprint density at radius 3 is 2.48 bits per heavy atom. The van der Waals surface area contributed by atoms with Gasteiger partial charge in [0.05, 0.1) is 23.2 Å². The van der Waals surface area contributed by atoms with Crippen LogP contribution in [-0.4, -0.2) is 37.8 Å². The van der Waals surface area contributed by atoms with Crippen LogP contribution in [0.1, 0.15) is 32.4 Å². The number of pyridine rings is 1. The number of nitrogens with zero attached hydrogens (tertiary/aromatic N) is 2. The van der Waals surface area contributed by atoms with Gasteiger partial charge >= 0.3 is 0 Å². The summed E-state index contributed by atoms with van der Waals surface area (Å²) in [6, 6.07) is 6.93. The minimum absolute atomic E-state index is 0.0316. The van der Waals surface area contributed by atoms with E-state index in [2.05, 4.69) is 4.98 Å². The molecular formula is C19H22F2N2O3S. The monoisotopic (exact) mass is 396 g/mol. The zero-order chi connectivity index (χ0) is 19.8. The maximum Gasteiger partial charge on any atom is 0.200 e. The average Bonchev–Trinajstić information content (AvgIpc) is 2.63. The second-order valence-corrected chi connectivity index (χ2v) is 10.1. The highest BCUT2D eigenvalue weighted by atomic mass is 32.2. The molecule has 0 spiro atoms. The van der Waals surface area contributed by atoms with Gasteiger partial charge in [0.25, 0.3) is 0 Å². The summed E-state index contributed by atoms with van der Waals surface area (Å²) < 4.78 is 56.3. The second kappa shape index (κ2) is 7.16. The lowest BCUT2D eigenvalue weighted by atomic mass is 10.1. The molecule has 0 bridgehead atoms. The van der Waals surface area contributed by atoms with Crippen LogP contribution in [0, 0.1) is 11.6 Å². The molecule has 146 valence electrons. The first-order chi connectivity index (χ1) is 12.6. The molecule has 0 aliphatic carbocycles. The van der Waals surface area contributed by atoms with Crippen LogP contribution in [0.2, 0.25) is 0 Å². The highest BCUT2D eigenvalue weighted by Gasteiger charge is 2.32. The molecule has 27 heavy (non-hydrogen) atoms. The van der Waals surface area contributed by atoms with Crippen molar-refractivity contribution in [3.63, 3.8) is 0 Å². The number of rotatable bonds is 3. The van der Waals surface area contributed by atoms with Gasteiger partial charge in [0.15, 0.2) is 26.5 Å². The van der Waals surface area contributed by atoms with Gasteiger partial charge in [-0.15, -0.1) is 0 Å². The van der Waals surface area contributed by atoms with Crippen molar-refractivity contribution in [1.29, 1.82) is 0 Å². The Morgan fingerprint density at radius 1 is 1.15 bits per heavy atom. The fraction of sp³-hybridized carbons (Fsp3) is 0.421. The Morgan fingerprint density at radius 2 is 1.89 bits per heavy atom.